The van der Waals surface area contributed by atoms with Crippen molar-refractivity contribution in [3.05, 3.63) is 72.3 Å². The molecule has 2 N–H and O–H groups in total. The maximum atomic E-state index is 12.8. The van der Waals surface area contributed by atoms with Crippen LogP contribution in [0.5, 0.6) is 0 Å². The van der Waals surface area contributed by atoms with E-state index in [9.17, 15) is 18.0 Å². The van der Waals surface area contributed by atoms with Crippen LogP contribution in [0.15, 0.2) is 71.6 Å². The average Bonchev–Trinajstić information content (AvgIpc) is 2.76. The molecular formula is C22H22N2O4S2. The summed E-state index contributed by atoms with van der Waals surface area (Å²) in [5.41, 5.74) is 0.535. The second-order valence-electron chi connectivity index (χ2n) is 6.69. The largest absolute Gasteiger partial charge is 0.342 e. The third-order valence-electron chi connectivity index (χ3n) is 4.52. The monoisotopic (exact) mass is 442 g/mol. The number of fused-ring (bicyclic) bond motifs is 1. The van der Waals surface area contributed by atoms with E-state index in [1.807, 2.05) is 30.5 Å². The van der Waals surface area contributed by atoms with Gasteiger partial charge in [0.25, 0.3) is 15.9 Å². The average molecular weight is 443 g/mol. The van der Waals surface area contributed by atoms with Crippen molar-refractivity contribution in [3.8, 4) is 0 Å². The fourth-order valence-corrected chi connectivity index (χ4v) is 4.52. The molecule has 3 aromatic rings. The normalized spacial score (nSPS) is 12.3. The van der Waals surface area contributed by atoms with Crippen LogP contribution in [0.4, 0.5) is 5.69 Å². The minimum Gasteiger partial charge on any atom is -0.342 e. The van der Waals surface area contributed by atoms with E-state index in [0.717, 1.165) is 16.5 Å². The van der Waals surface area contributed by atoms with Gasteiger partial charge in [0.1, 0.15) is 6.29 Å². The van der Waals surface area contributed by atoms with E-state index in [4.69, 9.17) is 0 Å². The molecule has 0 aliphatic rings. The van der Waals surface area contributed by atoms with Crippen molar-refractivity contribution < 1.29 is 18.0 Å². The number of sulfonamides is 1. The Hall–Kier alpha value is -2.84. The highest BCUT2D eigenvalue weighted by Gasteiger charge is 2.17. The van der Waals surface area contributed by atoms with Crippen LogP contribution in [0.2, 0.25) is 0 Å². The van der Waals surface area contributed by atoms with E-state index < -0.39 is 22.0 Å². The molecule has 0 saturated carbocycles. The molecule has 0 heterocycles. The van der Waals surface area contributed by atoms with Gasteiger partial charge in [0.2, 0.25) is 0 Å². The van der Waals surface area contributed by atoms with Crippen LogP contribution in [0.25, 0.3) is 10.8 Å². The molecule has 156 valence electrons. The van der Waals surface area contributed by atoms with Gasteiger partial charge in [-0.05, 0) is 59.5 Å². The van der Waals surface area contributed by atoms with Crippen molar-refractivity contribution in [2.24, 2.45) is 0 Å². The second-order valence-corrected chi connectivity index (χ2v) is 9.36. The lowest BCUT2D eigenvalue weighted by molar-refractivity contribution is -0.109. The van der Waals surface area contributed by atoms with E-state index in [1.165, 1.54) is 6.07 Å². The Kier molecular flexibility index (Phi) is 7.12. The molecule has 30 heavy (non-hydrogen) atoms. The zero-order valence-electron chi connectivity index (χ0n) is 16.4. The maximum absolute atomic E-state index is 12.8. The Morgan fingerprint density at radius 2 is 1.80 bits per heavy atom. The minimum absolute atomic E-state index is 0.133. The molecule has 1 atom stereocenters. The number of anilines is 1. The first-order chi connectivity index (χ1) is 14.4. The standard InChI is InChI=1S/C22H22N2O4S2/c1-29-12-11-20(15-25)23-22(26)18-7-4-8-19(13-18)24-30(27,28)21-10-9-16-5-2-3-6-17(16)14-21/h2-10,13-15,20,24H,11-12H2,1H3,(H,23,26). The van der Waals surface area contributed by atoms with E-state index in [2.05, 4.69) is 10.0 Å². The van der Waals surface area contributed by atoms with Gasteiger partial charge in [-0.25, -0.2) is 8.42 Å². The van der Waals surface area contributed by atoms with Crippen molar-refractivity contribution in [2.45, 2.75) is 17.4 Å². The van der Waals surface area contributed by atoms with Crippen molar-refractivity contribution in [3.63, 3.8) is 0 Å². The number of rotatable bonds is 9. The fourth-order valence-electron chi connectivity index (χ4n) is 2.94. The summed E-state index contributed by atoms with van der Waals surface area (Å²) in [5.74, 6) is 0.315. The number of carbonyl (C=O) groups is 2. The van der Waals surface area contributed by atoms with Crippen molar-refractivity contribution in [2.75, 3.05) is 16.7 Å². The number of carbonyl (C=O) groups excluding carboxylic acids is 2. The fraction of sp³-hybridized carbons (Fsp3) is 0.182. The summed E-state index contributed by atoms with van der Waals surface area (Å²) >= 11 is 1.59. The van der Waals surface area contributed by atoms with Crippen LogP contribution in [-0.4, -0.2) is 38.7 Å². The summed E-state index contributed by atoms with van der Waals surface area (Å²) < 4.78 is 28.1. The van der Waals surface area contributed by atoms with Crippen molar-refractivity contribution >= 4 is 50.4 Å². The van der Waals surface area contributed by atoms with Gasteiger partial charge in [0.15, 0.2) is 0 Å². The highest BCUT2D eigenvalue weighted by molar-refractivity contribution is 7.98. The molecule has 0 radical (unpaired) electrons. The van der Waals surface area contributed by atoms with E-state index in [0.29, 0.717) is 12.7 Å². The number of aldehydes is 1. The Morgan fingerprint density at radius 1 is 1.03 bits per heavy atom. The third-order valence-corrected chi connectivity index (χ3v) is 6.54. The molecule has 0 aliphatic heterocycles. The van der Waals surface area contributed by atoms with Crippen LogP contribution >= 0.6 is 11.8 Å². The Labute approximate surface area is 180 Å². The first-order valence-electron chi connectivity index (χ1n) is 9.30. The molecule has 3 aromatic carbocycles. The molecule has 0 fully saturated rings. The molecule has 0 saturated heterocycles. The number of thioether (sulfide) groups is 1. The van der Waals surface area contributed by atoms with Gasteiger partial charge in [-0.15, -0.1) is 0 Å². The van der Waals surface area contributed by atoms with E-state index >= 15 is 0 Å². The summed E-state index contributed by atoms with van der Waals surface area (Å²) in [5, 5.41) is 4.43. The molecule has 0 aromatic heterocycles. The smallest absolute Gasteiger partial charge is 0.261 e. The van der Waals surface area contributed by atoms with Crippen molar-refractivity contribution in [1.82, 2.24) is 5.32 Å². The molecule has 1 unspecified atom stereocenters. The Morgan fingerprint density at radius 3 is 2.53 bits per heavy atom. The summed E-state index contributed by atoms with van der Waals surface area (Å²) in [4.78, 5) is 23.8. The van der Waals surface area contributed by atoms with Crippen LogP contribution in [0.3, 0.4) is 0 Å². The summed E-state index contributed by atoms with van der Waals surface area (Å²) in [6.07, 6.45) is 3.17. The Bertz CT molecular complexity index is 1160. The molecule has 0 bridgehead atoms. The van der Waals surface area contributed by atoms with Gasteiger partial charge in [0, 0.05) is 11.3 Å². The van der Waals surface area contributed by atoms with Gasteiger partial charge in [0.05, 0.1) is 10.9 Å². The quantitative estimate of drug-likeness (QED) is 0.493. The molecular weight excluding hydrogens is 420 g/mol. The van der Waals surface area contributed by atoms with Gasteiger partial charge in [-0.3, -0.25) is 9.52 Å². The number of hydrogen-bond acceptors (Lipinski definition) is 5. The van der Waals surface area contributed by atoms with Gasteiger partial charge in [-0.1, -0.05) is 36.4 Å². The first kappa shape index (κ1) is 21.9. The molecule has 0 aliphatic carbocycles. The number of hydrogen-bond donors (Lipinski definition) is 2. The second kappa shape index (κ2) is 9.77. The predicted molar refractivity (Wildman–Crippen MR) is 122 cm³/mol. The van der Waals surface area contributed by atoms with Crippen LogP contribution < -0.4 is 10.0 Å². The van der Waals surface area contributed by atoms with Gasteiger partial charge >= 0.3 is 0 Å². The van der Waals surface area contributed by atoms with Crippen LogP contribution in [0, 0.1) is 0 Å². The molecule has 6 nitrogen and oxygen atoms in total. The highest BCUT2D eigenvalue weighted by Crippen LogP contribution is 2.22. The lowest BCUT2D eigenvalue weighted by atomic mass is 10.1. The van der Waals surface area contributed by atoms with Crippen LogP contribution in [-0.2, 0) is 14.8 Å². The highest BCUT2D eigenvalue weighted by atomic mass is 32.2. The maximum Gasteiger partial charge on any atom is 0.261 e. The zero-order valence-corrected chi connectivity index (χ0v) is 18.0. The first-order valence-corrected chi connectivity index (χ1v) is 12.2. The SMILES string of the molecule is CSCCC(C=O)NC(=O)c1cccc(NS(=O)(=O)c2ccc3ccccc3c2)c1. The number of amides is 1. The summed E-state index contributed by atoms with van der Waals surface area (Å²) in [6, 6.07) is 18.0. The van der Waals surface area contributed by atoms with Crippen molar-refractivity contribution in [1.29, 1.82) is 0 Å². The Balaban J connectivity index is 1.77. The zero-order chi connectivity index (χ0) is 21.6. The van der Waals surface area contributed by atoms with E-state index in [1.54, 1.807) is 48.2 Å². The number of benzene rings is 3. The lowest BCUT2D eigenvalue weighted by Crippen LogP contribution is -2.36. The van der Waals surface area contributed by atoms with Gasteiger partial charge in [-0.2, -0.15) is 11.8 Å². The van der Waals surface area contributed by atoms with Gasteiger partial charge < -0.3 is 10.1 Å². The lowest BCUT2D eigenvalue weighted by Gasteiger charge is -2.13. The predicted octanol–water partition coefficient (Wildman–Crippen LogP) is 3.69. The van der Waals surface area contributed by atoms with Crippen LogP contribution in [0.1, 0.15) is 16.8 Å². The summed E-state index contributed by atoms with van der Waals surface area (Å²) in [6.45, 7) is 0. The molecule has 3 rings (SSSR count). The number of nitrogens with one attached hydrogen (secondary N) is 2. The topological polar surface area (TPSA) is 92.3 Å². The molecule has 0 spiro atoms. The minimum atomic E-state index is -3.83. The summed E-state index contributed by atoms with van der Waals surface area (Å²) in [7, 11) is -3.83. The molecule has 8 heteroatoms. The third kappa shape index (κ3) is 5.40. The molecule has 1 amide bonds. The van der Waals surface area contributed by atoms with E-state index in [-0.39, 0.29) is 16.1 Å².